The Kier molecular flexibility index (Phi) is 10.7. The van der Waals surface area contributed by atoms with E-state index in [4.69, 9.17) is 4.74 Å². The van der Waals surface area contributed by atoms with Crippen LogP contribution in [-0.2, 0) is 0 Å². The Morgan fingerprint density at radius 3 is 2.15 bits per heavy atom. The molecule has 0 amide bonds. The van der Waals surface area contributed by atoms with Crippen LogP contribution < -0.4 is 10.1 Å². The van der Waals surface area contributed by atoms with Gasteiger partial charge in [-0.05, 0) is 36.2 Å². The Morgan fingerprint density at radius 2 is 1.54 bits per heavy atom. The summed E-state index contributed by atoms with van der Waals surface area (Å²) in [6.45, 7) is 6.73. The Balaban J connectivity index is 0.00000169. The van der Waals surface area contributed by atoms with Crippen molar-refractivity contribution in [3.63, 3.8) is 0 Å². The topological polar surface area (TPSA) is 24.5 Å². The molecule has 1 aliphatic rings. The molecule has 0 bridgehead atoms. The third-order valence-corrected chi connectivity index (χ3v) is 4.67. The molecule has 0 aromatic heterocycles. The third-order valence-electron chi connectivity index (χ3n) is 4.67. The van der Waals surface area contributed by atoms with Crippen LogP contribution in [0.1, 0.15) is 37.8 Å². The molecule has 2 aromatic carbocycles. The second-order valence-electron chi connectivity index (χ2n) is 6.43. The highest BCUT2D eigenvalue weighted by atomic mass is 35.5. The van der Waals surface area contributed by atoms with Gasteiger partial charge in [-0.3, -0.25) is 4.90 Å². The number of nitrogens with zero attached hydrogens (tertiary/aromatic N) is 1. The summed E-state index contributed by atoms with van der Waals surface area (Å²) in [5, 5.41) is 3.45. The van der Waals surface area contributed by atoms with Gasteiger partial charge in [-0.25, -0.2) is 0 Å². The Morgan fingerprint density at radius 1 is 0.923 bits per heavy atom. The van der Waals surface area contributed by atoms with Crippen molar-refractivity contribution in [1.82, 2.24) is 10.2 Å². The molecular formula is C21H30Cl2N2O. The fourth-order valence-electron chi connectivity index (χ4n) is 3.33. The number of nitrogens with one attached hydrogen (secondary N) is 1. The predicted octanol–water partition coefficient (Wildman–Crippen LogP) is 5.46. The molecule has 3 rings (SSSR count). The summed E-state index contributed by atoms with van der Waals surface area (Å²) in [7, 11) is 0. The molecule has 5 heteroatoms. The van der Waals surface area contributed by atoms with Crippen LogP contribution in [-0.4, -0.2) is 31.1 Å². The smallest absolute Gasteiger partial charge is 0.127 e. The first kappa shape index (κ1) is 22.8. The van der Waals surface area contributed by atoms with Crippen molar-refractivity contribution in [2.45, 2.75) is 32.2 Å². The summed E-state index contributed by atoms with van der Waals surface area (Å²) in [6.07, 6.45) is 3.75. The van der Waals surface area contributed by atoms with E-state index in [1.54, 1.807) is 0 Å². The molecule has 1 atom stereocenters. The average molecular weight is 397 g/mol. The normalized spacial score (nSPS) is 15.4. The number of hydrogen-bond acceptors (Lipinski definition) is 3. The van der Waals surface area contributed by atoms with Crippen molar-refractivity contribution in [1.29, 1.82) is 0 Å². The van der Waals surface area contributed by atoms with E-state index in [9.17, 15) is 0 Å². The lowest BCUT2D eigenvalue weighted by molar-refractivity contribution is 0.163. The Labute approximate surface area is 169 Å². The number of halogens is 2. The van der Waals surface area contributed by atoms with Gasteiger partial charge in [0.2, 0.25) is 0 Å². The number of para-hydroxylation sites is 1. The van der Waals surface area contributed by atoms with Gasteiger partial charge in [-0.1, -0.05) is 50.1 Å². The van der Waals surface area contributed by atoms with E-state index in [-0.39, 0.29) is 24.8 Å². The maximum absolute atomic E-state index is 5.92. The molecule has 1 N–H and O–H groups in total. The summed E-state index contributed by atoms with van der Waals surface area (Å²) in [5.41, 5.74) is 1.41. The number of unbranched alkanes of at least 4 members (excludes halogenated alkanes) is 1. The van der Waals surface area contributed by atoms with Crippen molar-refractivity contribution >= 4 is 24.8 Å². The second-order valence-corrected chi connectivity index (χ2v) is 6.43. The molecule has 26 heavy (non-hydrogen) atoms. The summed E-state index contributed by atoms with van der Waals surface area (Å²) in [6, 6.07) is 19.2. The highest BCUT2D eigenvalue weighted by Crippen LogP contribution is 2.29. The van der Waals surface area contributed by atoms with Crippen LogP contribution in [0.2, 0.25) is 0 Å². The minimum Gasteiger partial charge on any atom is -0.457 e. The molecule has 0 radical (unpaired) electrons. The van der Waals surface area contributed by atoms with Crippen LogP contribution in [0.3, 0.4) is 0 Å². The first-order valence-corrected chi connectivity index (χ1v) is 9.14. The lowest BCUT2D eigenvalue weighted by Crippen LogP contribution is -2.45. The summed E-state index contributed by atoms with van der Waals surface area (Å²) < 4.78 is 5.92. The fraction of sp³-hybridized carbons (Fsp3) is 0.429. The van der Waals surface area contributed by atoms with Gasteiger partial charge < -0.3 is 10.1 Å². The van der Waals surface area contributed by atoms with Gasteiger partial charge in [0.25, 0.3) is 0 Å². The zero-order chi connectivity index (χ0) is 16.6. The number of benzene rings is 2. The highest BCUT2D eigenvalue weighted by Gasteiger charge is 2.21. The second kappa shape index (κ2) is 12.2. The van der Waals surface area contributed by atoms with Crippen LogP contribution in [0.25, 0.3) is 0 Å². The number of piperazine rings is 1. The molecule has 2 aromatic rings. The van der Waals surface area contributed by atoms with E-state index < -0.39 is 0 Å². The lowest BCUT2D eigenvalue weighted by Gasteiger charge is -2.35. The Bertz CT molecular complexity index is 601. The zero-order valence-corrected chi connectivity index (χ0v) is 17.0. The van der Waals surface area contributed by atoms with Crippen LogP contribution in [0.15, 0.2) is 54.6 Å². The lowest BCUT2D eigenvalue weighted by atomic mass is 9.98. The first-order valence-electron chi connectivity index (χ1n) is 9.14. The average Bonchev–Trinajstić information content (AvgIpc) is 2.65. The summed E-state index contributed by atoms with van der Waals surface area (Å²) >= 11 is 0. The van der Waals surface area contributed by atoms with Crippen LogP contribution in [0.5, 0.6) is 11.5 Å². The quantitative estimate of drug-likeness (QED) is 0.672. The molecule has 0 unspecified atom stereocenters. The molecule has 144 valence electrons. The molecule has 1 fully saturated rings. The van der Waals surface area contributed by atoms with Crippen molar-refractivity contribution in [3.05, 3.63) is 60.2 Å². The third kappa shape index (κ3) is 6.48. The maximum Gasteiger partial charge on any atom is 0.127 e. The van der Waals surface area contributed by atoms with Crippen molar-refractivity contribution in [2.75, 3.05) is 26.2 Å². The first-order chi connectivity index (χ1) is 11.9. The van der Waals surface area contributed by atoms with Crippen LogP contribution >= 0.6 is 24.8 Å². The molecule has 0 aliphatic carbocycles. The maximum atomic E-state index is 5.92. The van der Waals surface area contributed by atoms with Crippen LogP contribution in [0.4, 0.5) is 0 Å². The molecule has 3 nitrogen and oxygen atoms in total. The van der Waals surface area contributed by atoms with E-state index >= 15 is 0 Å². The van der Waals surface area contributed by atoms with E-state index in [2.05, 4.69) is 41.4 Å². The van der Waals surface area contributed by atoms with E-state index in [0.717, 1.165) is 37.7 Å². The van der Waals surface area contributed by atoms with Crippen LogP contribution in [0, 0.1) is 0 Å². The van der Waals surface area contributed by atoms with E-state index in [1.807, 2.05) is 30.3 Å². The van der Waals surface area contributed by atoms with Gasteiger partial charge >= 0.3 is 0 Å². The molecule has 0 spiro atoms. The van der Waals surface area contributed by atoms with Gasteiger partial charge in [0.15, 0.2) is 0 Å². The van der Waals surface area contributed by atoms with E-state index in [1.165, 1.54) is 24.8 Å². The summed E-state index contributed by atoms with van der Waals surface area (Å²) in [5.74, 6) is 1.79. The zero-order valence-electron chi connectivity index (χ0n) is 15.4. The SMILES string of the molecule is CCCC[C@H](c1ccc(Oc2ccccc2)cc1)N1CCNCC1.Cl.Cl. The molecule has 1 aliphatic heterocycles. The number of rotatable bonds is 7. The minimum atomic E-state index is 0. The van der Waals surface area contributed by atoms with E-state index in [0.29, 0.717) is 6.04 Å². The highest BCUT2D eigenvalue weighted by molar-refractivity contribution is 5.85. The molecule has 1 heterocycles. The fourth-order valence-corrected chi connectivity index (χ4v) is 3.33. The van der Waals surface area contributed by atoms with Crippen molar-refractivity contribution in [2.24, 2.45) is 0 Å². The molecule has 1 saturated heterocycles. The van der Waals surface area contributed by atoms with Gasteiger partial charge in [-0.15, -0.1) is 24.8 Å². The number of hydrogen-bond donors (Lipinski definition) is 1. The van der Waals surface area contributed by atoms with Gasteiger partial charge in [0, 0.05) is 32.2 Å². The summed E-state index contributed by atoms with van der Waals surface area (Å²) in [4.78, 5) is 2.62. The molecule has 0 saturated carbocycles. The monoisotopic (exact) mass is 396 g/mol. The van der Waals surface area contributed by atoms with Crippen molar-refractivity contribution in [3.8, 4) is 11.5 Å². The van der Waals surface area contributed by atoms with Gasteiger partial charge in [0.1, 0.15) is 11.5 Å². The standard InChI is InChI=1S/C21H28N2O.2ClH/c1-2-3-9-21(23-16-14-22-15-17-23)18-10-12-20(13-11-18)24-19-7-5-4-6-8-19;;/h4-8,10-13,21-22H,2-3,9,14-17H2,1H3;2*1H/t21-;;/m1../s1. The van der Waals surface area contributed by atoms with Gasteiger partial charge in [-0.2, -0.15) is 0 Å². The van der Waals surface area contributed by atoms with Crippen molar-refractivity contribution < 1.29 is 4.74 Å². The molecular weight excluding hydrogens is 367 g/mol. The number of ether oxygens (including phenoxy) is 1. The Hall–Kier alpha value is -1.26. The largest absolute Gasteiger partial charge is 0.457 e. The minimum absolute atomic E-state index is 0. The predicted molar refractivity (Wildman–Crippen MR) is 114 cm³/mol. The van der Waals surface area contributed by atoms with Gasteiger partial charge in [0.05, 0.1) is 0 Å².